The fourth-order valence-corrected chi connectivity index (χ4v) is 4.04. The van der Waals surface area contributed by atoms with Gasteiger partial charge in [0.1, 0.15) is 0 Å². The number of nitrogens with one attached hydrogen (secondary N) is 2. The highest BCUT2D eigenvalue weighted by Crippen LogP contribution is 2.31. The second-order valence-electron chi connectivity index (χ2n) is 7.51. The van der Waals surface area contributed by atoms with Gasteiger partial charge in [-0.05, 0) is 56.0 Å². The molecule has 4 rings (SSSR count). The van der Waals surface area contributed by atoms with Gasteiger partial charge in [-0.25, -0.2) is 0 Å². The Bertz CT molecular complexity index is 1050. The SMILES string of the molecule is Cc1cc(C)n(Cc2cccc(CNC(=O)c3ccc(NC(=O)C4CC4)s3)c2)n1. The van der Waals surface area contributed by atoms with Crippen LogP contribution >= 0.6 is 11.3 Å². The minimum absolute atomic E-state index is 0.0539. The molecule has 1 fully saturated rings. The molecule has 1 saturated carbocycles. The molecule has 29 heavy (non-hydrogen) atoms. The molecule has 1 aliphatic rings. The highest BCUT2D eigenvalue weighted by molar-refractivity contribution is 7.18. The Morgan fingerprint density at radius 2 is 1.93 bits per heavy atom. The van der Waals surface area contributed by atoms with Crippen molar-refractivity contribution in [2.45, 2.75) is 39.8 Å². The van der Waals surface area contributed by atoms with Crippen molar-refractivity contribution in [1.82, 2.24) is 15.1 Å². The van der Waals surface area contributed by atoms with Crippen molar-refractivity contribution in [2.24, 2.45) is 5.92 Å². The van der Waals surface area contributed by atoms with Gasteiger partial charge in [-0.2, -0.15) is 5.10 Å². The van der Waals surface area contributed by atoms with Crippen molar-refractivity contribution >= 4 is 28.2 Å². The van der Waals surface area contributed by atoms with E-state index in [2.05, 4.69) is 33.9 Å². The Morgan fingerprint density at radius 3 is 2.66 bits per heavy atom. The standard InChI is InChI=1S/C22H24N4O2S/c1-14-10-15(2)26(25-14)13-17-5-3-4-16(11-17)12-23-22(28)19-8-9-20(29-19)24-21(27)18-6-7-18/h3-5,8-11,18H,6-7,12-13H2,1-2H3,(H,23,28)(H,24,27). The maximum absolute atomic E-state index is 12.5. The molecule has 0 unspecified atom stereocenters. The Labute approximate surface area is 173 Å². The summed E-state index contributed by atoms with van der Waals surface area (Å²) < 4.78 is 1.98. The number of amides is 2. The Balaban J connectivity index is 1.34. The van der Waals surface area contributed by atoms with Crippen LogP contribution in [0.2, 0.25) is 0 Å². The number of thiophene rings is 1. The number of nitrogens with zero attached hydrogens (tertiary/aromatic N) is 2. The normalized spacial score (nSPS) is 13.3. The zero-order chi connectivity index (χ0) is 20.4. The van der Waals surface area contributed by atoms with E-state index in [4.69, 9.17) is 0 Å². The number of rotatable bonds is 7. The second-order valence-corrected chi connectivity index (χ2v) is 8.60. The first-order valence-corrected chi connectivity index (χ1v) is 10.6. The van der Waals surface area contributed by atoms with Crippen LogP contribution in [0.25, 0.3) is 0 Å². The van der Waals surface area contributed by atoms with E-state index in [0.717, 1.165) is 40.4 Å². The molecule has 1 aliphatic carbocycles. The average molecular weight is 409 g/mol. The third kappa shape index (κ3) is 4.92. The van der Waals surface area contributed by atoms with Crippen LogP contribution in [0.4, 0.5) is 5.00 Å². The predicted octanol–water partition coefficient (Wildman–Crippen LogP) is 3.89. The van der Waals surface area contributed by atoms with Gasteiger partial charge in [-0.15, -0.1) is 11.3 Å². The minimum Gasteiger partial charge on any atom is -0.347 e. The molecule has 6 nitrogen and oxygen atoms in total. The molecule has 0 saturated heterocycles. The molecular formula is C22H24N4O2S. The van der Waals surface area contributed by atoms with Crippen molar-refractivity contribution < 1.29 is 9.59 Å². The molecule has 0 radical (unpaired) electrons. The van der Waals surface area contributed by atoms with Crippen molar-refractivity contribution in [3.8, 4) is 0 Å². The highest BCUT2D eigenvalue weighted by atomic mass is 32.1. The topological polar surface area (TPSA) is 76.0 Å². The van der Waals surface area contributed by atoms with Crippen molar-refractivity contribution in [2.75, 3.05) is 5.32 Å². The zero-order valence-electron chi connectivity index (χ0n) is 16.6. The van der Waals surface area contributed by atoms with E-state index in [1.54, 1.807) is 12.1 Å². The Hall–Kier alpha value is -2.93. The van der Waals surface area contributed by atoms with Crippen molar-refractivity contribution in [3.05, 3.63) is 69.9 Å². The van der Waals surface area contributed by atoms with E-state index in [1.807, 2.05) is 30.7 Å². The maximum atomic E-state index is 12.5. The van der Waals surface area contributed by atoms with E-state index in [-0.39, 0.29) is 17.7 Å². The predicted molar refractivity (Wildman–Crippen MR) is 114 cm³/mol. The van der Waals surface area contributed by atoms with E-state index in [9.17, 15) is 9.59 Å². The number of aryl methyl sites for hydroxylation is 2. The van der Waals surface area contributed by atoms with Gasteiger partial charge in [-0.1, -0.05) is 24.3 Å². The number of aromatic nitrogens is 2. The molecular weight excluding hydrogens is 384 g/mol. The summed E-state index contributed by atoms with van der Waals surface area (Å²) in [4.78, 5) is 24.9. The molecule has 2 amide bonds. The molecule has 2 aromatic heterocycles. The first-order valence-electron chi connectivity index (χ1n) is 9.76. The molecule has 2 N–H and O–H groups in total. The summed E-state index contributed by atoms with van der Waals surface area (Å²) in [5.74, 6) is 0.0696. The molecule has 3 aromatic rings. The van der Waals surface area contributed by atoms with Gasteiger partial charge in [-0.3, -0.25) is 14.3 Å². The van der Waals surface area contributed by atoms with Gasteiger partial charge >= 0.3 is 0 Å². The highest BCUT2D eigenvalue weighted by Gasteiger charge is 2.29. The minimum atomic E-state index is -0.133. The van der Waals surface area contributed by atoms with Gasteiger partial charge in [0.2, 0.25) is 5.91 Å². The van der Waals surface area contributed by atoms with Crippen molar-refractivity contribution in [1.29, 1.82) is 0 Å². The van der Waals surface area contributed by atoms with E-state index in [0.29, 0.717) is 18.0 Å². The molecule has 7 heteroatoms. The number of benzene rings is 1. The largest absolute Gasteiger partial charge is 0.347 e. The second kappa shape index (κ2) is 8.21. The number of anilines is 1. The summed E-state index contributed by atoms with van der Waals surface area (Å²) in [6, 6.07) is 13.8. The molecule has 1 aromatic carbocycles. The summed E-state index contributed by atoms with van der Waals surface area (Å²) in [6.45, 7) is 5.19. The summed E-state index contributed by atoms with van der Waals surface area (Å²) in [5, 5.41) is 11.1. The quantitative estimate of drug-likeness (QED) is 0.623. The van der Waals surface area contributed by atoms with Crippen LogP contribution in [-0.4, -0.2) is 21.6 Å². The lowest BCUT2D eigenvalue weighted by Crippen LogP contribution is -2.21. The van der Waals surface area contributed by atoms with Crippen LogP contribution in [0.3, 0.4) is 0 Å². The van der Waals surface area contributed by atoms with Crippen LogP contribution in [0.5, 0.6) is 0 Å². The zero-order valence-corrected chi connectivity index (χ0v) is 17.4. The third-order valence-electron chi connectivity index (χ3n) is 4.90. The number of carbonyl (C=O) groups is 2. The smallest absolute Gasteiger partial charge is 0.261 e. The van der Waals surface area contributed by atoms with Gasteiger partial charge < -0.3 is 10.6 Å². The average Bonchev–Trinajstić information content (AvgIpc) is 3.37. The van der Waals surface area contributed by atoms with Crippen LogP contribution in [0.1, 0.15) is 45.0 Å². The maximum Gasteiger partial charge on any atom is 0.261 e. The molecule has 0 spiro atoms. The van der Waals surface area contributed by atoms with Crippen LogP contribution in [0.15, 0.2) is 42.5 Å². The van der Waals surface area contributed by atoms with E-state index >= 15 is 0 Å². The van der Waals surface area contributed by atoms with Crippen LogP contribution in [-0.2, 0) is 17.9 Å². The van der Waals surface area contributed by atoms with Gasteiger partial charge in [0.25, 0.3) is 5.91 Å². The fourth-order valence-electron chi connectivity index (χ4n) is 3.21. The Morgan fingerprint density at radius 1 is 1.14 bits per heavy atom. The summed E-state index contributed by atoms with van der Waals surface area (Å²) >= 11 is 1.30. The Kier molecular flexibility index (Phi) is 5.49. The lowest BCUT2D eigenvalue weighted by Gasteiger charge is -2.08. The number of hydrogen-bond donors (Lipinski definition) is 2. The third-order valence-corrected chi connectivity index (χ3v) is 5.90. The van der Waals surface area contributed by atoms with Crippen LogP contribution < -0.4 is 10.6 Å². The summed E-state index contributed by atoms with van der Waals surface area (Å²) in [7, 11) is 0. The molecule has 0 atom stereocenters. The first kappa shape index (κ1) is 19.4. The molecule has 0 bridgehead atoms. The van der Waals surface area contributed by atoms with Gasteiger partial charge in [0.05, 0.1) is 22.1 Å². The van der Waals surface area contributed by atoms with E-state index < -0.39 is 0 Å². The van der Waals surface area contributed by atoms with Crippen molar-refractivity contribution in [3.63, 3.8) is 0 Å². The number of hydrogen-bond acceptors (Lipinski definition) is 4. The van der Waals surface area contributed by atoms with Gasteiger partial charge in [0.15, 0.2) is 0 Å². The first-order chi connectivity index (χ1) is 14.0. The monoisotopic (exact) mass is 408 g/mol. The fraction of sp³-hybridized carbons (Fsp3) is 0.318. The molecule has 150 valence electrons. The van der Waals surface area contributed by atoms with E-state index in [1.165, 1.54) is 11.3 Å². The lowest BCUT2D eigenvalue weighted by atomic mass is 10.1. The summed E-state index contributed by atoms with van der Waals surface area (Å²) in [5.41, 5.74) is 4.32. The molecule has 2 heterocycles. The molecule has 0 aliphatic heterocycles. The van der Waals surface area contributed by atoms with Crippen LogP contribution in [0, 0.1) is 19.8 Å². The number of carbonyl (C=O) groups excluding carboxylic acids is 2. The summed E-state index contributed by atoms with van der Waals surface area (Å²) in [6.07, 6.45) is 1.92. The lowest BCUT2D eigenvalue weighted by molar-refractivity contribution is -0.117. The van der Waals surface area contributed by atoms with Gasteiger partial charge in [0, 0.05) is 18.2 Å².